The van der Waals surface area contributed by atoms with Crippen molar-refractivity contribution in [1.82, 2.24) is 5.32 Å². The maximum absolute atomic E-state index is 5.59. The molecule has 0 saturated carbocycles. The summed E-state index contributed by atoms with van der Waals surface area (Å²) in [5.74, 6) is 0.504. The molecule has 0 aliphatic carbocycles. The summed E-state index contributed by atoms with van der Waals surface area (Å²) in [6.45, 7) is 11.1. The van der Waals surface area contributed by atoms with Crippen LogP contribution in [0.1, 0.15) is 34.1 Å². The minimum atomic E-state index is 0.224. The maximum Gasteiger partial charge on any atom is 0.0769 e. The topological polar surface area (TPSA) is 30.5 Å². The van der Waals surface area contributed by atoms with Gasteiger partial charge in [-0.15, -0.1) is 0 Å². The molecule has 1 N–H and O–H groups in total. The van der Waals surface area contributed by atoms with Gasteiger partial charge in [0, 0.05) is 13.7 Å². The van der Waals surface area contributed by atoms with Gasteiger partial charge in [0.25, 0.3) is 0 Å². The number of hydrogen-bond acceptors (Lipinski definition) is 3. The molecular formula is C12H27NO2. The highest BCUT2D eigenvalue weighted by atomic mass is 16.5. The largest absolute Gasteiger partial charge is 0.380 e. The van der Waals surface area contributed by atoms with Crippen molar-refractivity contribution in [2.45, 2.75) is 46.3 Å². The summed E-state index contributed by atoms with van der Waals surface area (Å²) in [6.07, 6.45) is 1.29. The van der Waals surface area contributed by atoms with Crippen LogP contribution in [0.2, 0.25) is 0 Å². The molecule has 0 radical (unpaired) electrons. The molecule has 92 valence electrons. The fourth-order valence-electron chi connectivity index (χ4n) is 1.79. The van der Waals surface area contributed by atoms with Crippen LogP contribution in [0.5, 0.6) is 0 Å². The van der Waals surface area contributed by atoms with E-state index < -0.39 is 0 Å². The molecule has 0 fully saturated rings. The van der Waals surface area contributed by atoms with Crippen molar-refractivity contribution in [3.8, 4) is 0 Å². The highest BCUT2D eigenvalue weighted by molar-refractivity contribution is 4.78. The molecule has 0 spiro atoms. The predicted octanol–water partition coefficient (Wildman–Crippen LogP) is 2.06. The van der Waals surface area contributed by atoms with Gasteiger partial charge in [0.2, 0.25) is 0 Å². The van der Waals surface area contributed by atoms with Crippen LogP contribution < -0.4 is 5.32 Å². The van der Waals surface area contributed by atoms with Crippen LogP contribution in [-0.4, -0.2) is 39.0 Å². The molecule has 3 nitrogen and oxygen atoms in total. The Hall–Kier alpha value is -0.120. The summed E-state index contributed by atoms with van der Waals surface area (Å²) in [6, 6.07) is 0.298. The zero-order valence-electron chi connectivity index (χ0n) is 10.9. The minimum absolute atomic E-state index is 0.224. The van der Waals surface area contributed by atoms with Crippen LogP contribution in [0.25, 0.3) is 0 Å². The number of likely N-dealkylation sites (N-methyl/N-ethyl adjacent to an activating group) is 1. The first-order valence-electron chi connectivity index (χ1n) is 6.01. The van der Waals surface area contributed by atoms with Crippen LogP contribution in [0.15, 0.2) is 0 Å². The van der Waals surface area contributed by atoms with Crippen molar-refractivity contribution >= 4 is 0 Å². The van der Waals surface area contributed by atoms with E-state index in [9.17, 15) is 0 Å². The molecule has 0 rings (SSSR count). The second-order valence-electron chi connectivity index (χ2n) is 4.18. The van der Waals surface area contributed by atoms with Gasteiger partial charge in [-0.05, 0) is 18.9 Å². The summed E-state index contributed by atoms with van der Waals surface area (Å²) in [7, 11) is 1.77. The number of nitrogens with one attached hydrogen (secondary N) is 1. The normalized spacial score (nSPS) is 15.6. The summed E-state index contributed by atoms with van der Waals surface area (Å²) < 4.78 is 11.1. The summed E-state index contributed by atoms with van der Waals surface area (Å²) in [5, 5.41) is 3.42. The molecule has 2 unspecified atom stereocenters. The van der Waals surface area contributed by atoms with Crippen molar-refractivity contribution < 1.29 is 9.47 Å². The fourth-order valence-corrected chi connectivity index (χ4v) is 1.79. The Balaban J connectivity index is 4.08. The van der Waals surface area contributed by atoms with Crippen LogP contribution in [0.3, 0.4) is 0 Å². The Morgan fingerprint density at radius 1 is 1.20 bits per heavy atom. The van der Waals surface area contributed by atoms with Gasteiger partial charge in [0.1, 0.15) is 0 Å². The molecule has 0 aromatic carbocycles. The highest BCUT2D eigenvalue weighted by Crippen LogP contribution is 2.11. The summed E-state index contributed by atoms with van der Waals surface area (Å²) in [4.78, 5) is 0. The lowest BCUT2D eigenvalue weighted by Crippen LogP contribution is -2.46. The number of ether oxygens (including phenoxy) is 2. The lowest BCUT2D eigenvalue weighted by molar-refractivity contribution is -0.00224. The van der Waals surface area contributed by atoms with Gasteiger partial charge in [-0.2, -0.15) is 0 Å². The third kappa shape index (κ3) is 6.13. The van der Waals surface area contributed by atoms with E-state index in [4.69, 9.17) is 9.47 Å². The van der Waals surface area contributed by atoms with Gasteiger partial charge in [-0.3, -0.25) is 0 Å². The van der Waals surface area contributed by atoms with Crippen molar-refractivity contribution in [3.05, 3.63) is 0 Å². The average molecular weight is 217 g/mol. The number of methoxy groups -OCH3 is 1. The van der Waals surface area contributed by atoms with Crippen LogP contribution in [0.4, 0.5) is 0 Å². The predicted molar refractivity (Wildman–Crippen MR) is 64.2 cm³/mol. The lowest BCUT2D eigenvalue weighted by atomic mass is 10.00. The van der Waals surface area contributed by atoms with E-state index in [-0.39, 0.29) is 6.10 Å². The van der Waals surface area contributed by atoms with E-state index >= 15 is 0 Å². The molecule has 0 aliphatic heterocycles. The van der Waals surface area contributed by atoms with Gasteiger partial charge in [-0.1, -0.05) is 27.7 Å². The van der Waals surface area contributed by atoms with Gasteiger partial charge in [0.15, 0.2) is 0 Å². The first kappa shape index (κ1) is 14.9. The molecule has 2 atom stereocenters. The molecular weight excluding hydrogens is 190 g/mol. The third-order valence-electron chi connectivity index (χ3n) is 2.44. The molecule has 0 amide bonds. The molecule has 0 bridgehead atoms. The molecule has 15 heavy (non-hydrogen) atoms. The van der Waals surface area contributed by atoms with Crippen molar-refractivity contribution in [3.63, 3.8) is 0 Å². The Labute approximate surface area is 94.5 Å². The molecule has 0 aromatic heterocycles. The quantitative estimate of drug-likeness (QED) is 0.600. The number of rotatable bonds is 9. The molecule has 0 aromatic rings. The van der Waals surface area contributed by atoms with Crippen molar-refractivity contribution in [2.75, 3.05) is 26.9 Å². The third-order valence-corrected chi connectivity index (χ3v) is 2.44. The molecule has 0 aliphatic rings. The smallest absolute Gasteiger partial charge is 0.0769 e. The monoisotopic (exact) mass is 217 g/mol. The summed E-state index contributed by atoms with van der Waals surface area (Å²) in [5.41, 5.74) is 0. The maximum atomic E-state index is 5.59. The molecule has 3 heteroatoms. The van der Waals surface area contributed by atoms with E-state index in [0.717, 1.165) is 26.2 Å². The van der Waals surface area contributed by atoms with Crippen LogP contribution in [0, 0.1) is 5.92 Å². The van der Waals surface area contributed by atoms with Crippen molar-refractivity contribution in [1.29, 1.82) is 0 Å². The zero-order chi connectivity index (χ0) is 11.7. The second-order valence-corrected chi connectivity index (χ2v) is 4.18. The van der Waals surface area contributed by atoms with E-state index in [2.05, 4.69) is 33.0 Å². The Morgan fingerprint density at radius 2 is 1.87 bits per heavy atom. The molecule has 0 saturated heterocycles. The Bertz CT molecular complexity index is 140. The van der Waals surface area contributed by atoms with Gasteiger partial charge >= 0.3 is 0 Å². The lowest BCUT2D eigenvalue weighted by Gasteiger charge is -2.29. The Morgan fingerprint density at radius 3 is 2.27 bits per heavy atom. The van der Waals surface area contributed by atoms with E-state index in [1.54, 1.807) is 7.11 Å². The van der Waals surface area contributed by atoms with Crippen LogP contribution >= 0.6 is 0 Å². The highest BCUT2D eigenvalue weighted by Gasteiger charge is 2.23. The second kappa shape index (κ2) is 9.13. The average Bonchev–Trinajstić information content (AvgIpc) is 2.18. The van der Waals surface area contributed by atoms with E-state index in [1.165, 1.54) is 0 Å². The van der Waals surface area contributed by atoms with Gasteiger partial charge < -0.3 is 14.8 Å². The van der Waals surface area contributed by atoms with E-state index in [1.807, 2.05) is 0 Å². The SMILES string of the molecule is CCCOCC(NCC)C(OC)C(C)C. The van der Waals surface area contributed by atoms with Crippen molar-refractivity contribution in [2.24, 2.45) is 5.92 Å². The van der Waals surface area contributed by atoms with Gasteiger partial charge in [0.05, 0.1) is 18.8 Å². The summed E-state index contributed by atoms with van der Waals surface area (Å²) >= 11 is 0. The van der Waals surface area contributed by atoms with E-state index in [0.29, 0.717) is 12.0 Å². The fraction of sp³-hybridized carbons (Fsp3) is 1.00. The number of hydrogen-bond donors (Lipinski definition) is 1. The first-order chi connectivity index (χ1) is 7.17. The van der Waals surface area contributed by atoms with Crippen LogP contribution in [-0.2, 0) is 9.47 Å². The van der Waals surface area contributed by atoms with Gasteiger partial charge in [-0.25, -0.2) is 0 Å². The minimum Gasteiger partial charge on any atom is -0.380 e. The zero-order valence-corrected chi connectivity index (χ0v) is 10.9. The Kier molecular flexibility index (Phi) is 9.06. The molecule has 0 heterocycles. The first-order valence-corrected chi connectivity index (χ1v) is 6.01. The standard InChI is InChI=1S/C12H27NO2/c1-6-8-15-9-11(13-7-2)12(14-5)10(3)4/h10-13H,6-9H2,1-5H3.